The van der Waals surface area contributed by atoms with Gasteiger partial charge in [0.15, 0.2) is 11.5 Å². The van der Waals surface area contributed by atoms with Gasteiger partial charge in [0.1, 0.15) is 6.29 Å². The van der Waals surface area contributed by atoms with Crippen LogP contribution in [0.25, 0.3) is 0 Å². The molecule has 0 amide bonds. The minimum absolute atomic E-state index is 0.167. The Morgan fingerprint density at radius 1 is 1.04 bits per heavy atom. The summed E-state index contributed by atoms with van der Waals surface area (Å²) < 4.78 is 15.4. The average molecular weight is 346 g/mol. The summed E-state index contributed by atoms with van der Waals surface area (Å²) in [5, 5.41) is 0. The Labute approximate surface area is 147 Å². The fraction of sp³-hybridized carbons (Fsp3) is 0.316. The highest BCUT2D eigenvalue weighted by Gasteiger charge is 2.10. The number of aldehydes is 1. The smallest absolute Gasteiger partial charge is 0.336 e. The lowest BCUT2D eigenvalue weighted by Crippen LogP contribution is -2.08. The van der Waals surface area contributed by atoms with Gasteiger partial charge in [0.05, 0.1) is 13.2 Å². The Morgan fingerprint density at radius 2 is 1.80 bits per heavy atom. The van der Waals surface area contributed by atoms with Crippen LogP contribution in [0.5, 0.6) is 11.5 Å². The first-order valence-electron chi connectivity index (χ1n) is 8.04. The zero-order valence-corrected chi connectivity index (χ0v) is 14.4. The van der Waals surface area contributed by atoms with Crippen LogP contribution in [-0.2, 0) is 14.3 Å². The van der Waals surface area contributed by atoms with Gasteiger partial charge >= 0.3 is 11.9 Å². The van der Waals surface area contributed by atoms with Crippen LogP contribution in [0.3, 0.4) is 0 Å². The van der Waals surface area contributed by atoms with Crippen molar-refractivity contribution in [3.63, 3.8) is 0 Å². The van der Waals surface area contributed by atoms with Crippen molar-refractivity contribution < 1.29 is 28.6 Å². The van der Waals surface area contributed by atoms with Gasteiger partial charge in [-0.1, -0.05) is 19.1 Å². The molecule has 0 heterocycles. The summed E-state index contributed by atoms with van der Waals surface area (Å²) in [5.41, 5.74) is 0.402. The van der Waals surface area contributed by atoms with Crippen LogP contribution < -0.4 is 9.47 Å². The molecule has 6 nitrogen and oxygen atoms in total. The van der Waals surface area contributed by atoms with Crippen LogP contribution in [0, 0.1) is 0 Å². The quantitative estimate of drug-likeness (QED) is 0.162. The molecule has 0 aliphatic heterocycles. The van der Waals surface area contributed by atoms with E-state index in [1.165, 1.54) is 18.2 Å². The zero-order valence-electron chi connectivity index (χ0n) is 14.4. The number of rotatable bonds is 10. The molecule has 6 heteroatoms. The number of hydrogen-bond donors (Lipinski definition) is 0. The molecule has 0 radical (unpaired) electrons. The van der Waals surface area contributed by atoms with E-state index in [1.807, 2.05) is 19.1 Å². The fourth-order valence-corrected chi connectivity index (χ4v) is 1.79. The van der Waals surface area contributed by atoms with E-state index in [9.17, 15) is 14.4 Å². The molecule has 25 heavy (non-hydrogen) atoms. The number of esters is 2. The van der Waals surface area contributed by atoms with E-state index in [0.29, 0.717) is 24.9 Å². The van der Waals surface area contributed by atoms with Crippen LogP contribution in [0.4, 0.5) is 0 Å². The lowest BCUT2D eigenvalue weighted by atomic mass is 10.2. The summed E-state index contributed by atoms with van der Waals surface area (Å²) in [6, 6.07) is 4.43. The first kappa shape index (κ1) is 20.2. The lowest BCUT2D eigenvalue weighted by molar-refractivity contribution is -0.138. The molecule has 0 atom stereocenters. The van der Waals surface area contributed by atoms with Crippen molar-refractivity contribution >= 4 is 18.2 Å². The molecule has 0 unspecified atom stereocenters. The highest BCUT2D eigenvalue weighted by Crippen LogP contribution is 2.28. The molecular formula is C19H22O6. The van der Waals surface area contributed by atoms with Gasteiger partial charge in [-0.2, -0.15) is 0 Å². The molecule has 0 fully saturated rings. The zero-order chi connectivity index (χ0) is 18.5. The van der Waals surface area contributed by atoms with E-state index in [1.54, 1.807) is 6.92 Å². The Kier molecular flexibility index (Phi) is 9.36. The van der Waals surface area contributed by atoms with Gasteiger partial charge in [0, 0.05) is 17.7 Å². The molecule has 0 aliphatic rings. The van der Waals surface area contributed by atoms with Crippen LogP contribution in [0.1, 0.15) is 37.0 Å². The highest BCUT2D eigenvalue weighted by molar-refractivity contribution is 5.92. The normalized spacial score (nSPS) is 10.8. The van der Waals surface area contributed by atoms with Crippen molar-refractivity contribution in [2.75, 3.05) is 13.2 Å². The van der Waals surface area contributed by atoms with Gasteiger partial charge in [-0.15, -0.1) is 0 Å². The monoisotopic (exact) mass is 346 g/mol. The van der Waals surface area contributed by atoms with Gasteiger partial charge in [0.25, 0.3) is 0 Å². The van der Waals surface area contributed by atoms with Gasteiger partial charge in [-0.25, -0.2) is 9.59 Å². The van der Waals surface area contributed by atoms with Crippen molar-refractivity contribution in [3.8, 4) is 11.5 Å². The second-order valence-corrected chi connectivity index (χ2v) is 4.85. The third-order valence-corrected chi connectivity index (χ3v) is 2.90. The molecule has 134 valence electrons. The Morgan fingerprint density at radius 3 is 2.48 bits per heavy atom. The maximum atomic E-state index is 11.8. The minimum atomic E-state index is -0.748. The van der Waals surface area contributed by atoms with Gasteiger partial charge in [-0.05, 0) is 38.0 Å². The van der Waals surface area contributed by atoms with E-state index in [-0.39, 0.29) is 18.1 Å². The number of carbonyl (C=O) groups is 3. The molecule has 0 aliphatic carbocycles. The Bertz CT molecular complexity index is 645. The first-order chi connectivity index (χ1) is 12.1. The predicted molar refractivity (Wildman–Crippen MR) is 92.8 cm³/mol. The fourth-order valence-electron chi connectivity index (χ4n) is 1.79. The summed E-state index contributed by atoms with van der Waals surface area (Å²) in [6.45, 7) is 4.38. The van der Waals surface area contributed by atoms with E-state index in [0.717, 1.165) is 18.6 Å². The van der Waals surface area contributed by atoms with Crippen molar-refractivity contribution in [1.82, 2.24) is 0 Å². The molecule has 1 aromatic rings. The van der Waals surface area contributed by atoms with Crippen LogP contribution in [0.2, 0.25) is 0 Å². The molecule has 1 rings (SSSR count). The SMILES string of the molecule is CCC=CCCOC(=O)C=CC(=O)Oc1ccc(C=O)cc1OCC. The standard InChI is InChI=1S/C19H22O6/c1-3-5-6-7-12-24-18(21)10-11-19(22)25-16-9-8-15(14-20)13-17(16)23-4-2/h5-6,8-11,13-14H,3-4,7,12H2,1-2H3. The summed E-state index contributed by atoms with van der Waals surface area (Å²) >= 11 is 0. The number of allylic oxidation sites excluding steroid dienone is 1. The number of carbonyl (C=O) groups excluding carboxylic acids is 3. The largest absolute Gasteiger partial charge is 0.490 e. The third-order valence-electron chi connectivity index (χ3n) is 2.90. The summed E-state index contributed by atoms with van der Waals surface area (Å²) in [5.74, 6) is -0.926. The van der Waals surface area contributed by atoms with Gasteiger partial charge in [0.2, 0.25) is 0 Å². The van der Waals surface area contributed by atoms with Crippen LogP contribution in [-0.4, -0.2) is 31.4 Å². The minimum Gasteiger partial charge on any atom is -0.490 e. The molecule has 0 aromatic heterocycles. The molecule has 1 aromatic carbocycles. The molecule has 0 saturated heterocycles. The second kappa shape index (κ2) is 11.6. The predicted octanol–water partition coefficient (Wildman–Crippen LogP) is 3.26. The Hall–Kier alpha value is -2.89. The number of ether oxygens (including phenoxy) is 3. The van der Waals surface area contributed by atoms with Crippen molar-refractivity contribution in [2.24, 2.45) is 0 Å². The summed E-state index contributed by atoms with van der Waals surface area (Å²) in [6.07, 6.45) is 8.10. The van der Waals surface area contributed by atoms with E-state index >= 15 is 0 Å². The topological polar surface area (TPSA) is 78.9 Å². The molecule has 0 spiro atoms. The van der Waals surface area contributed by atoms with Gasteiger partial charge in [-0.3, -0.25) is 4.79 Å². The number of hydrogen-bond acceptors (Lipinski definition) is 6. The van der Waals surface area contributed by atoms with Crippen molar-refractivity contribution in [3.05, 3.63) is 48.1 Å². The average Bonchev–Trinajstić information content (AvgIpc) is 2.61. The third kappa shape index (κ3) is 7.97. The summed E-state index contributed by atoms with van der Waals surface area (Å²) in [7, 11) is 0. The maximum absolute atomic E-state index is 11.8. The molecule has 0 saturated carbocycles. The van der Waals surface area contributed by atoms with Crippen molar-refractivity contribution in [1.29, 1.82) is 0 Å². The van der Waals surface area contributed by atoms with E-state index < -0.39 is 11.9 Å². The van der Waals surface area contributed by atoms with Crippen LogP contribution in [0.15, 0.2) is 42.5 Å². The lowest BCUT2D eigenvalue weighted by Gasteiger charge is -2.09. The Balaban J connectivity index is 2.56. The van der Waals surface area contributed by atoms with Crippen molar-refractivity contribution in [2.45, 2.75) is 26.7 Å². The second-order valence-electron chi connectivity index (χ2n) is 4.85. The molecule has 0 N–H and O–H groups in total. The van der Waals surface area contributed by atoms with E-state index in [2.05, 4.69) is 0 Å². The van der Waals surface area contributed by atoms with Crippen LogP contribution >= 0.6 is 0 Å². The molecule has 0 bridgehead atoms. The maximum Gasteiger partial charge on any atom is 0.336 e. The highest BCUT2D eigenvalue weighted by atomic mass is 16.6. The van der Waals surface area contributed by atoms with E-state index in [4.69, 9.17) is 14.2 Å². The van der Waals surface area contributed by atoms with Gasteiger partial charge < -0.3 is 14.2 Å². The summed E-state index contributed by atoms with van der Waals surface area (Å²) in [4.78, 5) is 34.1. The first-order valence-corrected chi connectivity index (χ1v) is 8.04. The number of benzene rings is 1. The molecular weight excluding hydrogens is 324 g/mol.